The number of methoxy groups -OCH3 is 2. The smallest absolute Gasteiger partial charge is 0.295 e. The lowest BCUT2D eigenvalue weighted by atomic mass is 9.94. The van der Waals surface area contributed by atoms with E-state index >= 15 is 0 Å². The van der Waals surface area contributed by atoms with Crippen molar-refractivity contribution in [2.75, 3.05) is 54.6 Å². The molecule has 1 amide bonds. The summed E-state index contributed by atoms with van der Waals surface area (Å²) in [4.78, 5) is 29.2. The third-order valence-corrected chi connectivity index (χ3v) is 6.17. The summed E-state index contributed by atoms with van der Waals surface area (Å²) in [6, 6.07) is 9.33. The van der Waals surface area contributed by atoms with Crippen molar-refractivity contribution in [2.24, 2.45) is 0 Å². The molecule has 0 aliphatic carbocycles. The number of nitrogens with one attached hydrogen (secondary N) is 1. The minimum absolute atomic E-state index is 0.00680. The number of carbonyl (C=O) groups is 2. The maximum atomic E-state index is 13.3. The van der Waals surface area contributed by atoms with E-state index in [2.05, 4.69) is 0 Å². The predicted molar refractivity (Wildman–Crippen MR) is 128 cm³/mol. The first-order chi connectivity index (χ1) is 16.8. The van der Waals surface area contributed by atoms with Gasteiger partial charge in [0.1, 0.15) is 30.5 Å². The highest BCUT2D eigenvalue weighted by Gasteiger charge is 2.47. The molecule has 1 saturated heterocycles. The molecule has 2 N–H and O–H groups in total. The van der Waals surface area contributed by atoms with Crippen molar-refractivity contribution in [3.05, 3.63) is 53.1 Å². The summed E-state index contributed by atoms with van der Waals surface area (Å²) >= 11 is 0. The summed E-state index contributed by atoms with van der Waals surface area (Å²) in [5.41, 5.74) is 0.957. The molecule has 0 spiro atoms. The molecule has 2 heterocycles. The highest BCUT2D eigenvalue weighted by molar-refractivity contribution is 6.46. The largest absolute Gasteiger partial charge is 0.507 e. The number of nitrogens with zero attached hydrogens (tertiary/aromatic N) is 1. The van der Waals surface area contributed by atoms with Crippen molar-refractivity contribution >= 4 is 17.4 Å². The fourth-order valence-corrected chi connectivity index (χ4v) is 4.43. The number of hydrogen-bond acceptors (Lipinski definition) is 7. The molecule has 2 aromatic rings. The zero-order valence-electron chi connectivity index (χ0n) is 20.4. The quantitative estimate of drug-likeness (QED) is 0.333. The number of hydrogen-bond donors (Lipinski definition) is 2. The zero-order valence-corrected chi connectivity index (χ0v) is 20.4. The molecule has 0 aromatic heterocycles. The van der Waals surface area contributed by atoms with E-state index in [4.69, 9.17) is 18.9 Å². The second-order valence-electron chi connectivity index (χ2n) is 8.77. The van der Waals surface area contributed by atoms with Crippen LogP contribution < -0.4 is 23.8 Å². The third kappa shape index (κ3) is 4.77. The van der Waals surface area contributed by atoms with E-state index < -0.39 is 17.7 Å². The van der Waals surface area contributed by atoms with Crippen molar-refractivity contribution in [1.29, 1.82) is 0 Å². The van der Waals surface area contributed by atoms with Crippen LogP contribution in [0.3, 0.4) is 0 Å². The Morgan fingerprint density at radius 1 is 1.06 bits per heavy atom. The van der Waals surface area contributed by atoms with Gasteiger partial charge in [0.15, 0.2) is 11.5 Å². The van der Waals surface area contributed by atoms with Crippen molar-refractivity contribution in [1.82, 2.24) is 4.90 Å². The van der Waals surface area contributed by atoms with Crippen LogP contribution in [0.1, 0.15) is 23.6 Å². The van der Waals surface area contributed by atoms with Gasteiger partial charge in [-0.25, -0.2) is 0 Å². The van der Waals surface area contributed by atoms with Gasteiger partial charge in [0, 0.05) is 30.2 Å². The van der Waals surface area contributed by atoms with Crippen LogP contribution in [-0.2, 0) is 9.59 Å². The Balaban J connectivity index is 1.84. The van der Waals surface area contributed by atoms with Crippen LogP contribution in [-0.4, -0.2) is 76.3 Å². The molecule has 2 aliphatic heterocycles. The van der Waals surface area contributed by atoms with Crippen LogP contribution in [0, 0.1) is 0 Å². The highest BCUT2D eigenvalue weighted by Crippen LogP contribution is 2.44. The number of Topliss-reactive ketones (excluding diaryl/α,β-unsaturated/α-hetero) is 1. The Labute approximate surface area is 204 Å². The zero-order chi connectivity index (χ0) is 25.1. The molecule has 4 rings (SSSR count). The molecule has 35 heavy (non-hydrogen) atoms. The van der Waals surface area contributed by atoms with Gasteiger partial charge in [0.2, 0.25) is 0 Å². The van der Waals surface area contributed by atoms with Gasteiger partial charge in [0.05, 0.1) is 46.5 Å². The molecular formula is C26H31N2O7+. The Morgan fingerprint density at radius 3 is 2.49 bits per heavy atom. The van der Waals surface area contributed by atoms with E-state index in [0.29, 0.717) is 60.3 Å². The number of ketones is 1. The maximum absolute atomic E-state index is 13.3. The van der Waals surface area contributed by atoms with Gasteiger partial charge in [-0.3, -0.25) is 9.59 Å². The Kier molecular flexibility index (Phi) is 7.16. The van der Waals surface area contributed by atoms with Crippen LogP contribution in [0.5, 0.6) is 23.0 Å². The molecule has 1 atom stereocenters. The molecule has 0 saturated carbocycles. The minimum Gasteiger partial charge on any atom is -0.507 e. The molecule has 2 aliphatic rings. The van der Waals surface area contributed by atoms with Gasteiger partial charge in [0.25, 0.3) is 11.7 Å². The molecule has 0 bridgehead atoms. The van der Waals surface area contributed by atoms with Gasteiger partial charge < -0.3 is 33.9 Å². The van der Waals surface area contributed by atoms with Crippen LogP contribution in [0.4, 0.5) is 0 Å². The summed E-state index contributed by atoms with van der Waals surface area (Å²) in [5.74, 6) is 0.398. The number of carbonyl (C=O) groups excluding carboxylic acids is 2. The monoisotopic (exact) mass is 483 g/mol. The first kappa shape index (κ1) is 24.4. The van der Waals surface area contributed by atoms with Crippen LogP contribution in [0.15, 0.2) is 42.0 Å². The molecule has 2 aromatic carbocycles. The fourth-order valence-electron chi connectivity index (χ4n) is 4.43. The van der Waals surface area contributed by atoms with Crippen molar-refractivity contribution < 1.29 is 38.5 Å². The van der Waals surface area contributed by atoms with Crippen LogP contribution in [0.2, 0.25) is 0 Å². The van der Waals surface area contributed by atoms with E-state index in [9.17, 15) is 14.7 Å². The second-order valence-corrected chi connectivity index (χ2v) is 8.77. The number of fused-ring (bicyclic) bond motifs is 1. The van der Waals surface area contributed by atoms with E-state index in [1.165, 1.54) is 16.9 Å². The number of amides is 1. The van der Waals surface area contributed by atoms with E-state index in [-0.39, 0.29) is 11.3 Å². The summed E-state index contributed by atoms with van der Waals surface area (Å²) < 4.78 is 22.1. The van der Waals surface area contributed by atoms with Gasteiger partial charge >= 0.3 is 0 Å². The van der Waals surface area contributed by atoms with E-state index in [0.717, 1.165) is 6.54 Å². The number of rotatable bonds is 8. The Hall–Kier alpha value is -3.72. The molecule has 1 fully saturated rings. The van der Waals surface area contributed by atoms with Crippen molar-refractivity contribution in [3.8, 4) is 23.0 Å². The average molecular weight is 484 g/mol. The molecular weight excluding hydrogens is 452 g/mol. The van der Waals surface area contributed by atoms with Crippen molar-refractivity contribution in [3.63, 3.8) is 0 Å². The molecule has 9 heteroatoms. The van der Waals surface area contributed by atoms with Crippen molar-refractivity contribution in [2.45, 2.75) is 12.5 Å². The predicted octanol–water partition coefficient (Wildman–Crippen LogP) is 1.43. The first-order valence-electron chi connectivity index (χ1n) is 11.5. The highest BCUT2D eigenvalue weighted by atomic mass is 16.6. The van der Waals surface area contributed by atoms with Crippen LogP contribution in [0.25, 0.3) is 5.76 Å². The number of aliphatic hydroxyl groups is 1. The minimum atomic E-state index is -0.818. The summed E-state index contributed by atoms with van der Waals surface area (Å²) in [5, 5.41) is 11.4. The lowest BCUT2D eigenvalue weighted by molar-refractivity contribution is -0.858. The standard InChI is InChI=1S/C26H30N2O7/c1-27(2)10-5-11-28-23(18-8-7-17(32-3)15-20(18)33-4)22(25(30)26(28)31)24(29)16-6-9-19-21(14-16)35-13-12-34-19/h6-9,14-15,23,29H,5,10-13H2,1-4H3/p+1/b24-22-/t23-/m0/s1. The van der Waals surface area contributed by atoms with Gasteiger partial charge in [-0.1, -0.05) is 0 Å². The summed E-state index contributed by atoms with van der Waals surface area (Å²) in [7, 11) is 7.12. The van der Waals surface area contributed by atoms with Gasteiger partial charge in [-0.2, -0.15) is 0 Å². The maximum Gasteiger partial charge on any atom is 0.295 e. The fraction of sp³-hybridized carbons (Fsp3) is 0.385. The normalized spacial score (nSPS) is 18.8. The van der Waals surface area contributed by atoms with E-state index in [1.807, 2.05) is 14.1 Å². The number of quaternary nitrogens is 1. The number of aliphatic hydroxyl groups excluding tert-OH is 1. The lowest BCUT2D eigenvalue weighted by Crippen LogP contribution is -3.05. The Bertz CT molecular complexity index is 1160. The van der Waals surface area contributed by atoms with Gasteiger partial charge in [-0.15, -0.1) is 0 Å². The van der Waals surface area contributed by atoms with Gasteiger partial charge in [-0.05, 0) is 30.3 Å². The van der Waals surface area contributed by atoms with E-state index in [1.54, 1.807) is 43.5 Å². The third-order valence-electron chi connectivity index (χ3n) is 6.17. The molecule has 186 valence electrons. The lowest BCUT2D eigenvalue weighted by Gasteiger charge is -2.27. The molecule has 0 unspecified atom stereocenters. The topological polar surface area (TPSA) is 99.0 Å². The second kappa shape index (κ2) is 10.3. The SMILES string of the molecule is COc1ccc([C@H]2/C(=C(/O)c3ccc4c(c3)OCCO4)C(=O)C(=O)N2CCC[NH+](C)C)c(OC)c1. The number of likely N-dealkylation sites (tertiary alicyclic amines) is 1. The number of benzene rings is 2. The van der Waals surface area contributed by atoms with Crippen LogP contribution >= 0.6 is 0 Å². The molecule has 9 nitrogen and oxygen atoms in total. The Morgan fingerprint density at radius 2 is 1.80 bits per heavy atom. The average Bonchev–Trinajstić information content (AvgIpc) is 3.12. The number of ether oxygens (including phenoxy) is 4. The summed E-state index contributed by atoms with van der Waals surface area (Å²) in [6.45, 7) is 2.00. The molecule has 0 radical (unpaired) electrons. The summed E-state index contributed by atoms with van der Waals surface area (Å²) in [6.07, 6.45) is 0.689. The first-order valence-corrected chi connectivity index (χ1v) is 11.5.